The van der Waals surface area contributed by atoms with Gasteiger partial charge in [0.25, 0.3) is 11.8 Å². The van der Waals surface area contributed by atoms with Gasteiger partial charge in [0.1, 0.15) is 29.4 Å². The molecule has 10 rings (SSSR count). The molecular weight excluding hydrogens is 957 g/mol. The highest BCUT2D eigenvalue weighted by Gasteiger charge is 2.26. The van der Waals surface area contributed by atoms with E-state index in [1.54, 1.807) is 61.6 Å². The molecule has 388 valence electrons. The Morgan fingerprint density at radius 1 is 0.684 bits per heavy atom. The van der Waals surface area contributed by atoms with E-state index in [0.717, 1.165) is 60.9 Å². The second-order valence-corrected chi connectivity index (χ2v) is 20.4. The first-order valence-electron chi connectivity index (χ1n) is 24.9. The summed E-state index contributed by atoms with van der Waals surface area (Å²) in [6, 6.07) is 24.1. The smallest absolute Gasteiger partial charge is 0.413 e. The van der Waals surface area contributed by atoms with Gasteiger partial charge in [-0.25, -0.2) is 14.8 Å². The molecule has 0 radical (unpaired) electrons. The van der Waals surface area contributed by atoms with Crippen LogP contribution in [0.5, 0.6) is 0 Å². The molecule has 8 aromatic rings. The van der Waals surface area contributed by atoms with Crippen molar-refractivity contribution >= 4 is 51.3 Å². The van der Waals surface area contributed by atoms with E-state index in [0.29, 0.717) is 48.8 Å². The third-order valence-electron chi connectivity index (χ3n) is 13.2. The van der Waals surface area contributed by atoms with Crippen LogP contribution in [0.1, 0.15) is 154 Å². The van der Waals surface area contributed by atoms with Gasteiger partial charge in [0.15, 0.2) is 11.4 Å². The predicted molar refractivity (Wildman–Crippen MR) is 290 cm³/mol. The van der Waals surface area contributed by atoms with Crippen LogP contribution in [-0.4, -0.2) is 63.0 Å². The summed E-state index contributed by atoms with van der Waals surface area (Å²) in [5, 5.41) is 38.5. The van der Waals surface area contributed by atoms with Gasteiger partial charge in [-0.15, -0.1) is 0 Å². The summed E-state index contributed by atoms with van der Waals surface area (Å²) in [5.41, 5.74) is 17.2. The Labute approximate surface area is 441 Å². The SMILES string of the molecule is C.Cc1cc(N)nc(C)c1CNC(=O)c1cn(Cc2ccc3ncc(C4CC4)cc3c2)nc1C#N.Cc1cc(NC(=O)OC(C)(C)C)nc(C)c1CNC(=O)c1cn(Cc2ccc3ncc(C4CC4)cc3c2)nc1C#N. The average Bonchev–Trinajstić information content (AvgIpc) is 4.30. The van der Waals surface area contributed by atoms with E-state index in [-0.39, 0.29) is 42.4 Å². The van der Waals surface area contributed by atoms with Crippen LogP contribution < -0.4 is 21.7 Å². The van der Waals surface area contributed by atoms with E-state index in [2.05, 4.69) is 70.3 Å². The van der Waals surface area contributed by atoms with Crippen LogP contribution in [0.25, 0.3) is 21.8 Å². The van der Waals surface area contributed by atoms with Crippen molar-refractivity contribution in [3.05, 3.63) is 164 Å². The molecule has 76 heavy (non-hydrogen) atoms. The number of fused-ring (bicyclic) bond motifs is 2. The fraction of sp³-hybridized carbons (Fsp3) is 0.328. The zero-order valence-electron chi connectivity index (χ0n) is 43.1. The fourth-order valence-corrected chi connectivity index (χ4v) is 9.03. The molecule has 2 fully saturated rings. The highest BCUT2D eigenvalue weighted by Crippen LogP contribution is 2.41. The lowest BCUT2D eigenvalue weighted by molar-refractivity contribution is 0.0634. The van der Waals surface area contributed by atoms with Gasteiger partial charge in [0.2, 0.25) is 0 Å². The molecule has 2 saturated carbocycles. The number of rotatable bonds is 13. The van der Waals surface area contributed by atoms with Crippen molar-refractivity contribution in [3.8, 4) is 12.1 Å². The molecule has 0 aliphatic heterocycles. The lowest BCUT2D eigenvalue weighted by Crippen LogP contribution is -2.28. The summed E-state index contributed by atoms with van der Waals surface area (Å²) in [4.78, 5) is 55.9. The first kappa shape index (κ1) is 53.3. The van der Waals surface area contributed by atoms with Crippen molar-refractivity contribution in [3.63, 3.8) is 0 Å². The third kappa shape index (κ3) is 12.8. The van der Waals surface area contributed by atoms with E-state index in [4.69, 9.17) is 10.5 Å². The molecule has 0 unspecified atom stereocenters. The van der Waals surface area contributed by atoms with Crippen LogP contribution >= 0.6 is 0 Å². The predicted octanol–water partition coefficient (Wildman–Crippen LogP) is 9.91. The number of nitrogens with one attached hydrogen (secondary N) is 3. The minimum absolute atomic E-state index is 0. The molecule has 6 aromatic heterocycles. The van der Waals surface area contributed by atoms with Crippen LogP contribution in [0, 0.1) is 50.4 Å². The van der Waals surface area contributed by atoms with Crippen molar-refractivity contribution in [2.75, 3.05) is 11.1 Å². The van der Waals surface area contributed by atoms with E-state index in [1.807, 2.05) is 69.6 Å². The number of hydrogen-bond acceptors (Lipinski definition) is 13. The molecule has 6 heterocycles. The van der Waals surface area contributed by atoms with E-state index >= 15 is 0 Å². The summed E-state index contributed by atoms with van der Waals surface area (Å²) >= 11 is 0. The van der Waals surface area contributed by atoms with Crippen molar-refractivity contribution in [1.82, 2.24) is 50.1 Å². The maximum atomic E-state index is 13.1. The molecule has 3 amide bonds. The number of ether oxygens (including phenoxy) is 1. The number of aromatic nitrogens is 8. The first-order chi connectivity index (χ1) is 35.9. The monoisotopic (exact) mass is 1020 g/mol. The van der Waals surface area contributed by atoms with Gasteiger partial charge in [0, 0.05) is 60.0 Å². The van der Waals surface area contributed by atoms with Crippen LogP contribution in [0.4, 0.5) is 16.4 Å². The van der Waals surface area contributed by atoms with Gasteiger partial charge in [-0.3, -0.25) is 34.2 Å². The lowest BCUT2D eigenvalue weighted by Gasteiger charge is -2.20. The Balaban J connectivity index is 0.000000202. The number of amides is 3. The van der Waals surface area contributed by atoms with Gasteiger partial charge >= 0.3 is 6.09 Å². The van der Waals surface area contributed by atoms with Gasteiger partial charge < -0.3 is 21.1 Å². The van der Waals surface area contributed by atoms with Crippen molar-refractivity contribution in [1.29, 1.82) is 10.5 Å². The van der Waals surface area contributed by atoms with Crippen LogP contribution in [0.2, 0.25) is 0 Å². The summed E-state index contributed by atoms with van der Waals surface area (Å²) in [7, 11) is 0. The Hall–Kier alpha value is -9.03. The molecule has 0 saturated heterocycles. The number of nitrogen functional groups attached to an aromatic ring is 1. The molecule has 2 aliphatic rings. The Bertz CT molecular complexity index is 3580. The Morgan fingerprint density at radius 3 is 1.57 bits per heavy atom. The first-order valence-corrected chi connectivity index (χ1v) is 24.9. The number of nitrogens with two attached hydrogens (primary N) is 1. The van der Waals surface area contributed by atoms with Gasteiger partial charge in [-0.05, 0) is 179 Å². The third-order valence-corrected chi connectivity index (χ3v) is 13.2. The number of nitrogens with zero attached hydrogens (tertiary/aromatic N) is 10. The maximum absolute atomic E-state index is 13.1. The van der Waals surface area contributed by atoms with E-state index in [9.17, 15) is 24.9 Å². The molecule has 0 bridgehead atoms. The molecule has 18 heteroatoms. The minimum Gasteiger partial charge on any atom is -0.444 e. The number of carbonyl (C=O) groups excluding carboxylic acids is 3. The average molecular weight is 1020 g/mol. The number of pyridine rings is 4. The van der Waals surface area contributed by atoms with Crippen molar-refractivity contribution < 1.29 is 19.1 Å². The highest BCUT2D eigenvalue weighted by molar-refractivity contribution is 5.96. The lowest BCUT2D eigenvalue weighted by atomic mass is 10.1. The van der Waals surface area contributed by atoms with Gasteiger partial charge in [0.05, 0.1) is 35.2 Å². The van der Waals surface area contributed by atoms with Crippen LogP contribution in [-0.2, 0) is 30.9 Å². The summed E-state index contributed by atoms with van der Waals surface area (Å²) in [6.45, 7) is 14.2. The molecule has 2 aliphatic carbocycles. The second kappa shape index (κ2) is 22.2. The van der Waals surface area contributed by atoms with Crippen molar-refractivity contribution in [2.45, 2.75) is 125 Å². The topological polar surface area (TPSA) is 257 Å². The zero-order valence-corrected chi connectivity index (χ0v) is 43.1. The van der Waals surface area contributed by atoms with E-state index in [1.165, 1.54) is 36.8 Å². The van der Waals surface area contributed by atoms with Gasteiger partial charge in [-0.2, -0.15) is 20.7 Å². The Morgan fingerprint density at radius 2 is 1.14 bits per heavy atom. The van der Waals surface area contributed by atoms with E-state index < -0.39 is 17.6 Å². The Kier molecular flexibility index (Phi) is 15.6. The number of hydrogen-bond donors (Lipinski definition) is 4. The minimum atomic E-state index is -0.624. The maximum Gasteiger partial charge on any atom is 0.413 e. The molecular formula is C58H62N14O4. The molecule has 5 N–H and O–H groups in total. The number of benzene rings is 2. The highest BCUT2D eigenvalue weighted by atomic mass is 16.6. The number of nitriles is 2. The molecule has 2 aromatic carbocycles. The molecule has 0 spiro atoms. The summed E-state index contributed by atoms with van der Waals surface area (Å²) < 4.78 is 8.54. The normalized spacial score (nSPS) is 12.9. The van der Waals surface area contributed by atoms with Crippen LogP contribution in [0.15, 0.2) is 85.5 Å². The largest absolute Gasteiger partial charge is 0.444 e. The number of anilines is 2. The summed E-state index contributed by atoms with van der Waals surface area (Å²) in [5.74, 6) is 1.32. The number of aryl methyl sites for hydroxylation is 4. The van der Waals surface area contributed by atoms with Crippen LogP contribution in [0.3, 0.4) is 0 Å². The van der Waals surface area contributed by atoms with Gasteiger partial charge in [-0.1, -0.05) is 19.6 Å². The summed E-state index contributed by atoms with van der Waals surface area (Å²) in [6.07, 6.45) is 11.5. The quantitative estimate of drug-likeness (QED) is 0.0839. The fourth-order valence-electron chi connectivity index (χ4n) is 9.03. The molecule has 0 atom stereocenters. The zero-order chi connectivity index (χ0) is 53.1. The molecule has 18 nitrogen and oxygen atoms in total. The second-order valence-electron chi connectivity index (χ2n) is 20.4. The number of carbonyl (C=O) groups is 3. The van der Waals surface area contributed by atoms with Crippen molar-refractivity contribution in [2.24, 2.45) is 0 Å². The standard InChI is InChI=1S/C31H33N7O3.C26H25N7O.CH4/c1-18-10-28(36-30(40)41-31(3,4)5)35-19(2)24(18)15-34-29(39)25-17-38(37-27(25)13-32)16-20-6-9-26-22(11-20)12-23(14-33-26)21-7-8-21;1-15-7-25(28)31-16(2)21(15)12-30-26(34)22-14-33(32-24(22)10-27)13-17-3-6-23-19(8-17)9-20(11-29-23)18-4-5-18;/h6,9-12,14,17,21H,7-8,15-16H2,1-5H3,(H,34,39)(H,35,36,40);3,6-9,11,14,18H,4-5,12-13H2,1-2H3,(H2,28,31)(H,30,34);1H4.